The first-order valence-electron chi connectivity index (χ1n) is 5.91. The van der Waals surface area contributed by atoms with Crippen LogP contribution in [0, 0.1) is 6.92 Å². The van der Waals surface area contributed by atoms with E-state index in [1.54, 1.807) is 32.0 Å². The Hall–Kier alpha value is -1.97. The second-order valence-electron chi connectivity index (χ2n) is 4.33. The number of hydrogen-bond acceptors (Lipinski definition) is 1. The Morgan fingerprint density at radius 3 is 2.53 bits per heavy atom. The van der Waals surface area contributed by atoms with E-state index in [0.717, 1.165) is 5.56 Å². The number of rotatable bonds is 4. The third kappa shape index (κ3) is 4.66. The van der Waals surface area contributed by atoms with Gasteiger partial charge in [0, 0.05) is 11.3 Å². The van der Waals surface area contributed by atoms with Gasteiger partial charge in [-0.25, -0.2) is 8.78 Å². The van der Waals surface area contributed by atoms with E-state index in [1.807, 2.05) is 0 Å². The van der Waals surface area contributed by atoms with E-state index < -0.39 is 6.67 Å². The number of anilines is 1. The molecule has 4 heteroatoms. The van der Waals surface area contributed by atoms with Crippen LogP contribution in [0.3, 0.4) is 0 Å². The molecule has 0 aliphatic carbocycles. The number of amides is 1. The van der Waals surface area contributed by atoms with E-state index in [0.29, 0.717) is 16.8 Å². The molecule has 1 aromatic rings. The maximum Gasteiger partial charge on any atom is 0.251 e. The van der Waals surface area contributed by atoms with E-state index in [2.05, 4.69) is 5.32 Å². The van der Waals surface area contributed by atoms with Crippen molar-refractivity contribution >= 4 is 11.6 Å². The molecule has 1 aromatic carbocycles. The van der Waals surface area contributed by atoms with E-state index in [9.17, 15) is 13.6 Å². The van der Waals surface area contributed by atoms with Crippen molar-refractivity contribution in [1.82, 2.24) is 0 Å². The van der Waals surface area contributed by atoms with Crippen molar-refractivity contribution in [3.05, 3.63) is 52.9 Å². The van der Waals surface area contributed by atoms with Crippen molar-refractivity contribution in [1.29, 1.82) is 0 Å². The summed E-state index contributed by atoms with van der Waals surface area (Å²) in [7, 11) is 0. The Balaban J connectivity index is 2.80. The average Bonchev–Trinajstić information content (AvgIpc) is 2.36. The lowest BCUT2D eigenvalue weighted by atomic mass is 10.1. The Kier molecular flexibility index (Phi) is 5.42. The molecule has 0 unspecified atom stereocenters. The summed E-state index contributed by atoms with van der Waals surface area (Å²) in [6, 6.07) is 4.98. The van der Waals surface area contributed by atoms with E-state index >= 15 is 0 Å². The number of carbonyl (C=O) groups excluding carboxylic acids is 1. The second kappa shape index (κ2) is 6.83. The molecule has 0 aliphatic rings. The normalized spacial score (nSPS) is 12.5. The van der Waals surface area contributed by atoms with Crippen LogP contribution in [-0.2, 0) is 11.5 Å². The molecule has 102 valence electrons. The molecule has 1 rings (SSSR count). The van der Waals surface area contributed by atoms with Gasteiger partial charge in [-0.2, -0.15) is 0 Å². The molecule has 0 heterocycles. The summed E-state index contributed by atoms with van der Waals surface area (Å²) < 4.78 is 25.1. The van der Waals surface area contributed by atoms with Gasteiger partial charge in [-0.15, -0.1) is 0 Å². The monoisotopic (exact) mass is 265 g/mol. The Morgan fingerprint density at radius 2 is 2.00 bits per heavy atom. The van der Waals surface area contributed by atoms with Crippen molar-refractivity contribution in [3.63, 3.8) is 0 Å². The van der Waals surface area contributed by atoms with Crippen molar-refractivity contribution in [3.8, 4) is 0 Å². The predicted molar refractivity (Wildman–Crippen MR) is 73.2 cm³/mol. The van der Waals surface area contributed by atoms with Crippen LogP contribution in [-0.4, -0.2) is 5.91 Å². The van der Waals surface area contributed by atoms with Crippen LogP contribution in [0.1, 0.15) is 25.0 Å². The van der Waals surface area contributed by atoms with Gasteiger partial charge < -0.3 is 5.32 Å². The minimum atomic E-state index is -0.528. The molecule has 19 heavy (non-hydrogen) atoms. The first-order chi connectivity index (χ1) is 8.93. The summed E-state index contributed by atoms with van der Waals surface area (Å²) >= 11 is 0. The zero-order valence-electron chi connectivity index (χ0n) is 11.3. The molecule has 1 N–H and O–H groups in total. The van der Waals surface area contributed by atoms with E-state index in [-0.39, 0.29) is 11.7 Å². The van der Waals surface area contributed by atoms with Gasteiger partial charge in [0.25, 0.3) is 5.91 Å². The molecule has 0 saturated carbocycles. The largest absolute Gasteiger partial charge is 0.322 e. The van der Waals surface area contributed by atoms with Crippen LogP contribution in [0.2, 0.25) is 0 Å². The molecule has 0 spiro atoms. The fourth-order valence-electron chi connectivity index (χ4n) is 1.47. The van der Waals surface area contributed by atoms with Gasteiger partial charge in [0.15, 0.2) is 0 Å². The number of alkyl halides is 1. The van der Waals surface area contributed by atoms with E-state index in [4.69, 9.17) is 0 Å². The highest BCUT2D eigenvalue weighted by Crippen LogP contribution is 2.16. The van der Waals surface area contributed by atoms with Crippen molar-refractivity contribution < 1.29 is 13.6 Å². The fraction of sp³-hybridized carbons (Fsp3) is 0.267. The molecular formula is C15H17F2NO. The summed E-state index contributed by atoms with van der Waals surface area (Å²) in [6.45, 7) is 4.15. The van der Waals surface area contributed by atoms with Gasteiger partial charge in [0.05, 0.1) is 5.83 Å². The molecule has 0 aliphatic heterocycles. The number of allylic oxidation sites excluding steroid dienone is 3. The number of hydrogen-bond donors (Lipinski definition) is 1. The van der Waals surface area contributed by atoms with Gasteiger partial charge in [-0.3, -0.25) is 4.79 Å². The number of carbonyl (C=O) groups is 1. The summed E-state index contributed by atoms with van der Waals surface area (Å²) in [6.07, 6.45) is 2.64. The third-order valence-electron chi connectivity index (χ3n) is 2.67. The van der Waals surface area contributed by atoms with Crippen LogP contribution >= 0.6 is 0 Å². The molecule has 2 nitrogen and oxygen atoms in total. The van der Waals surface area contributed by atoms with Gasteiger partial charge in [-0.05, 0) is 50.1 Å². The second-order valence-corrected chi connectivity index (χ2v) is 4.33. The lowest BCUT2D eigenvalue weighted by Gasteiger charge is -2.08. The molecule has 0 atom stereocenters. The van der Waals surface area contributed by atoms with Gasteiger partial charge in [0.1, 0.15) is 6.67 Å². The molecule has 0 fully saturated rings. The molecule has 1 amide bonds. The van der Waals surface area contributed by atoms with E-state index in [1.165, 1.54) is 19.1 Å². The first kappa shape index (κ1) is 15.1. The number of aryl methyl sites for hydroxylation is 1. The summed E-state index contributed by atoms with van der Waals surface area (Å²) in [5.74, 6) is -0.680. The number of benzene rings is 1. The van der Waals surface area contributed by atoms with Gasteiger partial charge in [-0.1, -0.05) is 12.1 Å². The smallest absolute Gasteiger partial charge is 0.251 e. The standard InChI is InChI=1S/C15H17F2NO/c1-10(4-5-12(3)17)15(19)18-14-7-6-13(9-16)11(2)8-14/h4-8H,9H2,1-3H3,(H,18,19)/b10-4+,12-5+. The topological polar surface area (TPSA) is 29.1 Å². The zero-order valence-corrected chi connectivity index (χ0v) is 11.3. The average molecular weight is 265 g/mol. The quantitative estimate of drug-likeness (QED) is 0.641. The molecular weight excluding hydrogens is 248 g/mol. The van der Waals surface area contributed by atoms with Crippen LogP contribution < -0.4 is 5.32 Å². The number of nitrogens with one attached hydrogen (secondary N) is 1. The van der Waals surface area contributed by atoms with Gasteiger partial charge >= 0.3 is 0 Å². The van der Waals surface area contributed by atoms with Crippen molar-refractivity contribution in [2.24, 2.45) is 0 Å². The third-order valence-corrected chi connectivity index (χ3v) is 2.67. The van der Waals surface area contributed by atoms with Crippen LogP contribution in [0.5, 0.6) is 0 Å². The highest BCUT2D eigenvalue weighted by atomic mass is 19.1. The first-order valence-corrected chi connectivity index (χ1v) is 5.91. The van der Waals surface area contributed by atoms with Crippen molar-refractivity contribution in [2.45, 2.75) is 27.4 Å². The summed E-state index contributed by atoms with van der Waals surface area (Å²) in [5.41, 5.74) is 2.36. The van der Waals surface area contributed by atoms with Crippen LogP contribution in [0.25, 0.3) is 0 Å². The molecule has 0 saturated heterocycles. The molecule has 0 radical (unpaired) electrons. The highest BCUT2D eigenvalue weighted by Gasteiger charge is 2.05. The lowest BCUT2D eigenvalue weighted by Crippen LogP contribution is -2.12. The zero-order chi connectivity index (χ0) is 14.4. The maximum absolute atomic E-state index is 12.5. The summed E-state index contributed by atoms with van der Waals surface area (Å²) in [5, 5.41) is 2.68. The minimum absolute atomic E-state index is 0.315. The minimum Gasteiger partial charge on any atom is -0.322 e. The maximum atomic E-state index is 12.5. The number of halogens is 2. The molecule has 0 bridgehead atoms. The van der Waals surface area contributed by atoms with Crippen LogP contribution in [0.15, 0.2) is 41.8 Å². The molecule has 0 aromatic heterocycles. The summed E-state index contributed by atoms with van der Waals surface area (Å²) in [4.78, 5) is 11.8. The fourth-order valence-corrected chi connectivity index (χ4v) is 1.47. The van der Waals surface area contributed by atoms with Crippen molar-refractivity contribution in [2.75, 3.05) is 5.32 Å². The SMILES string of the molecule is C/C(F)=C\C=C(/C)C(=O)Nc1ccc(CF)c(C)c1. The highest BCUT2D eigenvalue weighted by molar-refractivity contribution is 6.03. The lowest BCUT2D eigenvalue weighted by molar-refractivity contribution is -0.112. The Bertz CT molecular complexity index is 529. The predicted octanol–water partition coefficient (Wildman–Crippen LogP) is 4.22. The van der Waals surface area contributed by atoms with Gasteiger partial charge in [0.2, 0.25) is 0 Å². The Morgan fingerprint density at radius 1 is 1.32 bits per heavy atom. The Labute approximate surface area is 111 Å². The van der Waals surface area contributed by atoms with Crippen LogP contribution in [0.4, 0.5) is 14.5 Å².